The normalized spacial score (nSPS) is 16.6. The van der Waals surface area contributed by atoms with Crippen molar-refractivity contribution in [3.05, 3.63) is 102 Å². The molecule has 0 unspecified atom stereocenters. The van der Waals surface area contributed by atoms with Crippen molar-refractivity contribution in [1.82, 2.24) is 9.29 Å². The van der Waals surface area contributed by atoms with E-state index < -0.39 is 10.0 Å². The molecule has 4 rings (SSSR count). The van der Waals surface area contributed by atoms with Crippen LogP contribution in [0.4, 0.5) is 0 Å². The van der Waals surface area contributed by atoms with Gasteiger partial charge in [-0.15, -0.1) is 0 Å². The number of sulfonamides is 1. The monoisotopic (exact) mass is 404 g/mol. The number of ketones is 1. The van der Waals surface area contributed by atoms with Gasteiger partial charge >= 0.3 is 0 Å². The molecule has 0 saturated carbocycles. The van der Waals surface area contributed by atoms with Crippen molar-refractivity contribution in [3.8, 4) is 0 Å². The first-order valence-electron chi connectivity index (χ1n) is 9.39. The zero-order valence-corrected chi connectivity index (χ0v) is 16.5. The lowest BCUT2D eigenvalue weighted by Crippen LogP contribution is -2.39. The van der Waals surface area contributed by atoms with Gasteiger partial charge in [0.2, 0.25) is 5.78 Å². The molecular weight excluding hydrogens is 384 g/mol. The minimum atomic E-state index is -3.82. The average molecular weight is 404 g/mol. The number of nitrogens with zero attached hydrogens (tertiary/aromatic N) is 2. The van der Waals surface area contributed by atoms with Crippen LogP contribution in [0.2, 0.25) is 0 Å². The lowest BCUT2D eigenvalue weighted by atomic mass is 10.1. The van der Waals surface area contributed by atoms with E-state index in [4.69, 9.17) is 0 Å². The van der Waals surface area contributed by atoms with Gasteiger partial charge in [0, 0.05) is 24.5 Å². The molecule has 3 aromatic rings. The maximum Gasteiger partial charge on any atom is 0.265 e. The molecule has 0 aliphatic carbocycles. The van der Waals surface area contributed by atoms with Gasteiger partial charge in [-0.2, -0.15) is 0 Å². The maximum absolute atomic E-state index is 13.3. The topological polar surface area (TPSA) is 67.3 Å². The third-order valence-corrected chi connectivity index (χ3v) is 6.73. The Morgan fingerprint density at radius 1 is 0.931 bits per heavy atom. The number of fused-ring (bicyclic) bond motifs is 1. The van der Waals surface area contributed by atoms with Gasteiger partial charge in [0.25, 0.3) is 10.0 Å². The summed E-state index contributed by atoms with van der Waals surface area (Å²) in [5, 5.41) is 0. The van der Waals surface area contributed by atoms with Crippen LogP contribution in [-0.2, 0) is 16.4 Å². The van der Waals surface area contributed by atoms with Crippen LogP contribution >= 0.6 is 0 Å². The van der Waals surface area contributed by atoms with Crippen LogP contribution in [0.3, 0.4) is 0 Å². The number of Topliss-reactive ketones (excluding diaryl/α,β-unsaturated/α-hetero) is 1. The predicted octanol–water partition coefficient (Wildman–Crippen LogP) is 3.94. The highest BCUT2D eigenvalue weighted by atomic mass is 32.2. The molecule has 0 N–H and O–H groups in total. The van der Waals surface area contributed by atoms with Gasteiger partial charge in [0.05, 0.1) is 4.90 Å². The molecular formula is C23H20N2O3S. The van der Waals surface area contributed by atoms with E-state index in [2.05, 4.69) is 4.98 Å². The standard InChI is InChI=1S/C23H20N2O3S/c26-23-20-12-4-5-13-22(20)29(27,28)25(15-7-11-18-8-2-1-3-9-18)21(23)16-19-10-6-14-24-17-19/h1-6,8-10,12-14,16-17H,7,11,15H2. The van der Waals surface area contributed by atoms with Crippen molar-refractivity contribution in [3.63, 3.8) is 0 Å². The molecule has 0 bridgehead atoms. The Morgan fingerprint density at radius 2 is 1.69 bits per heavy atom. The zero-order chi connectivity index (χ0) is 20.3. The van der Waals surface area contributed by atoms with Gasteiger partial charge in [0.1, 0.15) is 5.70 Å². The van der Waals surface area contributed by atoms with Gasteiger partial charge in [-0.1, -0.05) is 48.5 Å². The van der Waals surface area contributed by atoms with E-state index in [0.717, 1.165) is 12.0 Å². The maximum atomic E-state index is 13.3. The highest BCUT2D eigenvalue weighted by Gasteiger charge is 2.38. The van der Waals surface area contributed by atoms with Gasteiger partial charge in [-0.05, 0) is 48.2 Å². The van der Waals surface area contributed by atoms with E-state index in [0.29, 0.717) is 12.0 Å². The summed E-state index contributed by atoms with van der Waals surface area (Å²) >= 11 is 0. The molecule has 29 heavy (non-hydrogen) atoms. The molecule has 5 nitrogen and oxygen atoms in total. The summed E-state index contributed by atoms with van der Waals surface area (Å²) in [6.45, 7) is 0.226. The molecule has 0 radical (unpaired) electrons. The van der Waals surface area contributed by atoms with Crippen molar-refractivity contribution in [2.45, 2.75) is 17.7 Å². The quantitative estimate of drug-likeness (QED) is 0.604. The Balaban J connectivity index is 1.72. The average Bonchev–Trinajstić information content (AvgIpc) is 2.75. The summed E-state index contributed by atoms with van der Waals surface area (Å²) in [5.74, 6) is -0.293. The zero-order valence-electron chi connectivity index (χ0n) is 15.7. The van der Waals surface area contributed by atoms with E-state index in [1.165, 1.54) is 10.4 Å². The molecule has 2 heterocycles. The highest BCUT2D eigenvalue weighted by Crippen LogP contribution is 2.33. The fourth-order valence-corrected chi connectivity index (χ4v) is 5.14. The van der Waals surface area contributed by atoms with Crippen LogP contribution in [-0.4, -0.2) is 30.0 Å². The Morgan fingerprint density at radius 3 is 2.45 bits per heavy atom. The lowest BCUT2D eigenvalue weighted by molar-refractivity contribution is 0.100. The summed E-state index contributed by atoms with van der Waals surface area (Å²) in [5.41, 5.74) is 2.18. The summed E-state index contributed by atoms with van der Waals surface area (Å²) in [4.78, 5) is 17.3. The number of hydrogen-bond donors (Lipinski definition) is 0. The smallest absolute Gasteiger partial charge is 0.265 e. The molecule has 1 aliphatic heterocycles. The van der Waals surface area contributed by atoms with Gasteiger partial charge in [-0.3, -0.25) is 14.1 Å². The molecule has 146 valence electrons. The van der Waals surface area contributed by atoms with Crippen LogP contribution in [0.15, 0.2) is 89.7 Å². The number of rotatable bonds is 5. The number of aryl methyl sites for hydroxylation is 1. The first-order valence-corrected chi connectivity index (χ1v) is 10.8. The highest BCUT2D eigenvalue weighted by molar-refractivity contribution is 7.89. The second kappa shape index (κ2) is 8.01. The molecule has 0 spiro atoms. The van der Waals surface area contributed by atoms with Crippen LogP contribution in [0.5, 0.6) is 0 Å². The number of pyridine rings is 1. The Labute approximate surface area is 170 Å². The number of aromatic nitrogens is 1. The van der Waals surface area contributed by atoms with Crippen molar-refractivity contribution in [2.24, 2.45) is 0 Å². The molecule has 2 aromatic carbocycles. The van der Waals surface area contributed by atoms with Crippen molar-refractivity contribution >= 4 is 21.9 Å². The molecule has 0 saturated heterocycles. The molecule has 6 heteroatoms. The second-order valence-corrected chi connectivity index (χ2v) is 8.64. The van der Waals surface area contributed by atoms with Crippen molar-refractivity contribution in [1.29, 1.82) is 0 Å². The number of allylic oxidation sites excluding steroid dienone is 1. The van der Waals surface area contributed by atoms with Gasteiger partial charge in [0.15, 0.2) is 0 Å². The molecule has 0 atom stereocenters. The molecule has 1 aliphatic rings. The number of carbonyl (C=O) groups excluding carboxylic acids is 1. The van der Waals surface area contributed by atoms with E-state index in [-0.39, 0.29) is 28.5 Å². The van der Waals surface area contributed by atoms with Crippen LogP contribution in [0.25, 0.3) is 6.08 Å². The minimum Gasteiger partial charge on any atom is -0.287 e. The summed E-state index contributed by atoms with van der Waals surface area (Å²) in [7, 11) is -3.82. The summed E-state index contributed by atoms with van der Waals surface area (Å²) in [6.07, 6.45) is 6.17. The van der Waals surface area contributed by atoms with E-state index >= 15 is 0 Å². The largest absolute Gasteiger partial charge is 0.287 e. The third-order valence-electron chi connectivity index (χ3n) is 4.86. The fourth-order valence-electron chi connectivity index (χ4n) is 3.45. The summed E-state index contributed by atoms with van der Waals surface area (Å²) in [6, 6.07) is 19.8. The molecule has 1 aromatic heterocycles. The van der Waals surface area contributed by atoms with Gasteiger partial charge < -0.3 is 0 Å². The minimum absolute atomic E-state index is 0.0630. The SMILES string of the molecule is O=C1C(=Cc2cccnc2)N(CCCc2ccccc2)S(=O)(=O)c2ccccc21. The number of hydrogen-bond acceptors (Lipinski definition) is 4. The molecule has 0 fully saturated rings. The fraction of sp³-hybridized carbons (Fsp3) is 0.130. The van der Waals surface area contributed by atoms with E-state index in [1.54, 1.807) is 48.8 Å². The van der Waals surface area contributed by atoms with Crippen LogP contribution in [0.1, 0.15) is 27.9 Å². The van der Waals surface area contributed by atoms with Gasteiger partial charge in [-0.25, -0.2) is 8.42 Å². The molecule has 0 amide bonds. The Kier molecular flexibility index (Phi) is 5.27. The lowest BCUT2D eigenvalue weighted by Gasteiger charge is -2.31. The van der Waals surface area contributed by atoms with Crippen LogP contribution in [0, 0.1) is 0 Å². The Bertz CT molecular complexity index is 1160. The number of benzene rings is 2. The first kappa shape index (κ1) is 19.1. The summed E-state index contributed by atoms with van der Waals surface area (Å²) < 4.78 is 27.9. The second-order valence-electron chi connectivity index (χ2n) is 6.81. The van der Waals surface area contributed by atoms with E-state index in [1.807, 2.05) is 30.3 Å². The number of carbonyl (C=O) groups is 1. The van der Waals surface area contributed by atoms with Crippen molar-refractivity contribution < 1.29 is 13.2 Å². The Hall–Kier alpha value is -3.25. The van der Waals surface area contributed by atoms with E-state index in [9.17, 15) is 13.2 Å². The first-order chi connectivity index (χ1) is 14.1. The predicted molar refractivity (Wildman–Crippen MR) is 112 cm³/mol. The van der Waals surface area contributed by atoms with Crippen molar-refractivity contribution in [2.75, 3.05) is 6.54 Å². The third kappa shape index (κ3) is 3.84. The van der Waals surface area contributed by atoms with Crippen LogP contribution < -0.4 is 0 Å².